The number of nitrogens with one attached hydrogen (secondary N) is 1. The summed E-state index contributed by atoms with van der Waals surface area (Å²) in [7, 11) is 0. The predicted octanol–water partition coefficient (Wildman–Crippen LogP) is 1.94. The van der Waals surface area contributed by atoms with Crippen LogP contribution in [0.4, 0.5) is 5.69 Å². The lowest BCUT2D eigenvalue weighted by Gasteiger charge is -2.35. The second kappa shape index (κ2) is 7.51. The fraction of sp³-hybridized carbons (Fsp3) is 0.500. The highest BCUT2D eigenvalue weighted by Crippen LogP contribution is 2.28. The van der Waals surface area contributed by atoms with E-state index >= 15 is 0 Å². The molecular formula is C16H21Cl2N3O2. The molecule has 0 radical (unpaired) electrons. The summed E-state index contributed by atoms with van der Waals surface area (Å²) < 4.78 is 0. The zero-order valence-corrected chi connectivity index (χ0v) is 14.6. The largest absolute Gasteiger partial charge is 0.337 e. The number of carbonyl (C=O) groups is 2. The van der Waals surface area contributed by atoms with Gasteiger partial charge in [-0.3, -0.25) is 9.59 Å². The Labute approximate surface area is 147 Å². The molecule has 1 N–H and O–H groups in total. The van der Waals surface area contributed by atoms with E-state index in [9.17, 15) is 9.59 Å². The highest BCUT2D eigenvalue weighted by Gasteiger charge is 2.41. The first-order chi connectivity index (χ1) is 10.6. The first kappa shape index (κ1) is 18.0. The third-order valence-corrected chi connectivity index (χ3v) is 4.64. The van der Waals surface area contributed by atoms with Crippen molar-refractivity contribution in [2.24, 2.45) is 5.92 Å². The van der Waals surface area contributed by atoms with E-state index in [-0.39, 0.29) is 30.3 Å². The summed E-state index contributed by atoms with van der Waals surface area (Å²) in [5, 5.41) is 3.85. The highest BCUT2D eigenvalue weighted by atomic mass is 35.5. The van der Waals surface area contributed by atoms with Crippen molar-refractivity contribution in [1.29, 1.82) is 0 Å². The Morgan fingerprint density at radius 2 is 2.13 bits per heavy atom. The van der Waals surface area contributed by atoms with E-state index in [1.54, 1.807) is 17.0 Å². The maximum absolute atomic E-state index is 12.7. The first-order valence-electron chi connectivity index (χ1n) is 7.66. The number of hydrogen-bond donors (Lipinski definition) is 1. The molecule has 2 aliphatic heterocycles. The van der Waals surface area contributed by atoms with Crippen molar-refractivity contribution in [3.8, 4) is 0 Å². The summed E-state index contributed by atoms with van der Waals surface area (Å²) >= 11 is 5.99. The predicted molar refractivity (Wildman–Crippen MR) is 93.2 cm³/mol. The number of carbonyl (C=O) groups excluding carboxylic acids is 2. The van der Waals surface area contributed by atoms with E-state index in [0.717, 1.165) is 18.8 Å². The summed E-state index contributed by atoms with van der Waals surface area (Å²) in [4.78, 5) is 28.8. The average Bonchev–Trinajstić information content (AvgIpc) is 2.89. The van der Waals surface area contributed by atoms with E-state index in [2.05, 4.69) is 5.32 Å². The smallest absolute Gasteiger partial charge is 0.239 e. The molecule has 7 heteroatoms. The standard InChI is InChI=1S/C16H20ClN3O2.ClH/c1-11-10-18-6-8-19(11)15(21)14-5-7-20(16(14)22)13-4-2-3-12(17)9-13;/h2-4,9,11,14,18H,5-8,10H2,1H3;1H/t11-,14?;/m0./s1. The zero-order valence-electron chi connectivity index (χ0n) is 13.0. The van der Waals surface area contributed by atoms with E-state index in [4.69, 9.17) is 11.6 Å². The zero-order chi connectivity index (χ0) is 15.7. The summed E-state index contributed by atoms with van der Waals surface area (Å²) in [5.74, 6) is -0.707. The third kappa shape index (κ3) is 3.62. The minimum Gasteiger partial charge on any atom is -0.337 e. The van der Waals surface area contributed by atoms with Crippen molar-refractivity contribution in [2.75, 3.05) is 31.1 Å². The molecule has 2 saturated heterocycles. The maximum Gasteiger partial charge on any atom is 0.239 e. The minimum atomic E-state index is -0.556. The summed E-state index contributed by atoms with van der Waals surface area (Å²) in [6, 6.07) is 7.34. The number of anilines is 1. The Morgan fingerprint density at radius 3 is 2.83 bits per heavy atom. The molecule has 0 aromatic heterocycles. The monoisotopic (exact) mass is 357 g/mol. The van der Waals surface area contributed by atoms with E-state index in [1.165, 1.54) is 0 Å². The van der Waals surface area contributed by atoms with Crippen molar-refractivity contribution in [1.82, 2.24) is 10.2 Å². The molecule has 1 unspecified atom stereocenters. The molecule has 1 aromatic rings. The Hall–Kier alpha value is -1.30. The van der Waals surface area contributed by atoms with Crippen LogP contribution in [-0.2, 0) is 9.59 Å². The average molecular weight is 358 g/mol. The van der Waals surface area contributed by atoms with Crippen LogP contribution in [0.5, 0.6) is 0 Å². The van der Waals surface area contributed by atoms with Crippen molar-refractivity contribution < 1.29 is 9.59 Å². The molecule has 5 nitrogen and oxygen atoms in total. The Bertz CT molecular complexity index is 596. The van der Waals surface area contributed by atoms with Crippen molar-refractivity contribution in [2.45, 2.75) is 19.4 Å². The van der Waals surface area contributed by atoms with Gasteiger partial charge in [-0.15, -0.1) is 12.4 Å². The molecule has 0 aliphatic carbocycles. The van der Waals surface area contributed by atoms with Crippen LogP contribution < -0.4 is 10.2 Å². The second-order valence-electron chi connectivity index (χ2n) is 5.90. The fourth-order valence-electron chi connectivity index (χ4n) is 3.18. The Balaban J connectivity index is 0.00000192. The number of amides is 2. The van der Waals surface area contributed by atoms with Crippen molar-refractivity contribution in [3.63, 3.8) is 0 Å². The maximum atomic E-state index is 12.7. The molecular weight excluding hydrogens is 337 g/mol. The van der Waals surface area contributed by atoms with Gasteiger partial charge in [0.2, 0.25) is 11.8 Å². The van der Waals surface area contributed by atoms with E-state index in [0.29, 0.717) is 24.5 Å². The van der Waals surface area contributed by atoms with E-state index < -0.39 is 5.92 Å². The second-order valence-corrected chi connectivity index (χ2v) is 6.33. The quantitative estimate of drug-likeness (QED) is 0.822. The molecule has 0 saturated carbocycles. The molecule has 0 spiro atoms. The topological polar surface area (TPSA) is 52.7 Å². The van der Waals surface area contributed by atoms with E-state index in [1.807, 2.05) is 24.0 Å². The molecule has 2 aliphatic rings. The van der Waals surface area contributed by atoms with Gasteiger partial charge in [0.05, 0.1) is 0 Å². The number of halogens is 2. The molecule has 2 heterocycles. The molecule has 0 bridgehead atoms. The lowest BCUT2D eigenvalue weighted by atomic mass is 10.0. The summed E-state index contributed by atoms with van der Waals surface area (Å²) in [5.41, 5.74) is 0.765. The number of benzene rings is 1. The van der Waals surface area contributed by atoms with Gasteiger partial charge in [0.15, 0.2) is 0 Å². The van der Waals surface area contributed by atoms with Crippen LogP contribution in [0.3, 0.4) is 0 Å². The Morgan fingerprint density at radius 1 is 1.35 bits per heavy atom. The molecule has 2 amide bonds. The van der Waals surface area contributed by atoms with Gasteiger partial charge in [0.25, 0.3) is 0 Å². The van der Waals surface area contributed by atoms with Crippen LogP contribution in [0.1, 0.15) is 13.3 Å². The van der Waals surface area contributed by atoms with Crippen LogP contribution >= 0.6 is 24.0 Å². The SMILES string of the molecule is C[C@H]1CNCCN1C(=O)C1CCN(c2cccc(Cl)c2)C1=O.Cl. The molecule has 2 atom stereocenters. The van der Waals surface area contributed by atoms with Crippen LogP contribution in [0.2, 0.25) is 5.02 Å². The van der Waals surface area contributed by atoms with Gasteiger partial charge >= 0.3 is 0 Å². The van der Waals surface area contributed by atoms with Gasteiger partial charge in [-0.05, 0) is 31.5 Å². The first-order valence-corrected chi connectivity index (χ1v) is 8.04. The van der Waals surface area contributed by atoms with Crippen molar-refractivity contribution in [3.05, 3.63) is 29.3 Å². The van der Waals surface area contributed by atoms with Gasteiger partial charge in [0.1, 0.15) is 5.92 Å². The minimum absolute atomic E-state index is 0. The number of rotatable bonds is 2. The fourth-order valence-corrected chi connectivity index (χ4v) is 3.36. The Kier molecular flexibility index (Phi) is 5.89. The lowest BCUT2D eigenvalue weighted by molar-refractivity contribution is -0.142. The summed E-state index contributed by atoms with van der Waals surface area (Å²) in [6.07, 6.45) is 0.570. The van der Waals surface area contributed by atoms with Crippen molar-refractivity contribution >= 4 is 41.5 Å². The van der Waals surface area contributed by atoms with Crippen LogP contribution in [-0.4, -0.2) is 48.9 Å². The molecule has 3 rings (SSSR count). The van der Waals surface area contributed by atoms with Gasteiger partial charge in [-0.1, -0.05) is 17.7 Å². The molecule has 1 aromatic carbocycles. The number of hydrogen-bond acceptors (Lipinski definition) is 3. The lowest BCUT2D eigenvalue weighted by Crippen LogP contribution is -2.54. The summed E-state index contributed by atoms with van der Waals surface area (Å²) in [6.45, 7) is 4.81. The molecule has 2 fully saturated rings. The number of piperazine rings is 1. The highest BCUT2D eigenvalue weighted by molar-refractivity contribution is 6.31. The van der Waals surface area contributed by atoms with Crippen LogP contribution in [0.25, 0.3) is 0 Å². The third-order valence-electron chi connectivity index (χ3n) is 4.41. The normalized spacial score (nSPS) is 24.5. The van der Waals surface area contributed by atoms with Gasteiger partial charge in [-0.25, -0.2) is 0 Å². The van der Waals surface area contributed by atoms with Gasteiger partial charge in [0, 0.05) is 42.9 Å². The van der Waals surface area contributed by atoms with Crippen LogP contribution in [0, 0.1) is 5.92 Å². The van der Waals surface area contributed by atoms with Gasteiger partial charge < -0.3 is 15.1 Å². The molecule has 126 valence electrons. The molecule has 23 heavy (non-hydrogen) atoms. The number of nitrogens with zero attached hydrogens (tertiary/aromatic N) is 2. The van der Waals surface area contributed by atoms with Gasteiger partial charge in [-0.2, -0.15) is 0 Å². The van der Waals surface area contributed by atoms with Crippen LogP contribution in [0.15, 0.2) is 24.3 Å².